The summed E-state index contributed by atoms with van der Waals surface area (Å²) in [6, 6.07) is 13.3. The van der Waals surface area contributed by atoms with Gasteiger partial charge in [-0.25, -0.2) is 0 Å². The molecule has 4 heteroatoms. The van der Waals surface area contributed by atoms with Crippen molar-refractivity contribution < 1.29 is 0 Å². The summed E-state index contributed by atoms with van der Waals surface area (Å²) in [5.41, 5.74) is 9.31. The zero-order valence-corrected chi connectivity index (χ0v) is 9.70. The summed E-state index contributed by atoms with van der Waals surface area (Å²) in [5, 5.41) is 8.99. The minimum absolute atomic E-state index is 0.654. The van der Waals surface area contributed by atoms with E-state index in [1.165, 1.54) is 0 Å². The molecule has 0 fully saturated rings. The van der Waals surface area contributed by atoms with Gasteiger partial charge in [0.15, 0.2) is 0 Å². The molecule has 0 amide bonds. The molecule has 1 aromatic heterocycles. The molecule has 0 atom stereocenters. The van der Waals surface area contributed by atoms with Crippen LogP contribution in [0.1, 0.15) is 0 Å². The van der Waals surface area contributed by atoms with E-state index in [1.54, 1.807) is 12.1 Å². The zero-order valence-electron chi connectivity index (χ0n) is 8.94. The Balaban J connectivity index is 2.31. The lowest BCUT2D eigenvalue weighted by molar-refractivity contribution is 1.12. The van der Waals surface area contributed by atoms with Gasteiger partial charge in [0.25, 0.3) is 0 Å². The molecule has 0 saturated carbocycles. The fourth-order valence-corrected chi connectivity index (χ4v) is 2.07. The van der Waals surface area contributed by atoms with Gasteiger partial charge in [0, 0.05) is 21.7 Å². The number of para-hydroxylation sites is 1. The number of nitrogen functional groups attached to an aromatic ring is 1. The maximum Gasteiger partial charge on any atom is 0.102 e. The van der Waals surface area contributed by atoms with Gasteiger partial charge in [-0.2, -0.15) is 5.10 Å². The Morgan fingerprint density at radius 1 is 1.12 bits per heavy atom. The summed E-state index contributed by atoms with van der Waals surface area (Å²) in [6.07, 6.45) is 0. The number of benzene rings is 2. The molecular weight excluding hydrogens is 234 g/mol. The lowest BCUT2D eigenvalue weighted by Gasteiger charge is -2.03. The Labute approximate surface area is 103 Å². The first-order valence-electron chi connectivity index (χ1n) is 5.24. The Morgan fingerprint density at radius 2 is 1.94 bits per heavy atom. The van der Waals surface area contributed by atoms with Crippen molar-refractivity contribution in [2.75, 3.05) is 5.73 Å². The van der Waals surface area contributed by atoms with E-state index in [0.717, 1.165) is 22.2 Å². The second kappa shape index (κ2) is 3.79. The van der Waals surface area contributed by atoms with Crippen molar-refractivity contribution in [1.82, 2.24) is 10.2 Å². The molecule has 3 aromatic rings. The Kier molecular flexibility index (Phi) is 2.27. The van der Waals surface area contributed by atoms with Gasteiger partial charge < -0.3 is 5.73 Å². The highest BCUT2D eigenvalue weighted by Crippen LogP contribution is 2.32. The minimum atomic E-state index is 0.654. The molecule has 3 N–H and O–H groups in total. The molecule has 3 rings (SSSR count). The van der Waals surface area contributed by atoms with E-state index in [1.807, 2.05) is 30.3 Å². The molecule has 3 nitrogen and oxygen atoms in total. The second-order valence-corrected chi connectivity index (χ2v) is 4.29. The number of hydrogen-bond donors (Lipinski definition) is 2. The van der Waals surface area contributed by atoms with Crippen molar-refractivity contribution in [3.63, 3.8) is 0 Å². The van der Waals surface area contributed by atoms with Crippen molar-refractivity contribution in [2.45, 2.75) is 0 Å². The molecule has 0 radical (unpaired) electrons. The van der Waals surface area contributed by atoms with Crippen LogP contribution in [0.25, 0.3) is 22.2 Å². The van der Waals surface area contributed by atoms with Crippen LogP contribution < -0.4 is 5.73 Å². The van der Waals surface area contributed by atoms with E-state index in [9.17, 15) is 0 Å². The number of halogens is 1. The largest absolute Gasteiger partial charge is 0.398 e. The van der Waals surface area contributed by atoms with Crippen molar-refractivity contribution in [1.29, 1.82) is 0 Å². The zero-order chi connectivity index (χ0) is 11.8. The number of nitrogens with one attached hydrogen (secondary N) is 1. The van der Waals surface area contributed by atoms with E-state index >= 15 is 0 Å². The van der Waals surface area contributed by atoms with Crippen LogP contribution in [0.15, 0.2) is 42.5 Å². The van der Waals surface area contributed by atoms with Crippen LogP contribution in [0.4, 0.5) is 5.69 Å². The first-order chi connectivity index (χ1) is 8.25. The molecule has 0 aliphatic carbocycles. The van der Waals surface area contributed by atoms with Gasteiger partial charge in [-0.1, -0.05) is 29.8 Å². The quantitative estimate of drug-likeness (QED) is 0.643. The molecule has 0 saturated heterocycles. The van der Waals surface area contributed by atoms with Crippen molar-refractivity contribution >= 4 is 28.2 Å². The molecule has 0 aliphatic heterocycles. The predicted molar refractivity (Wildman–Crippen MR) is 71.0 cm³/mol. The van der Waals surface area contributed by atoms with Crippen molar-refractivity contribution in [3.8, 4) is 11.3 Å². The predicted octanol–water partition coefficient (Wildman–Crippen LogP) is 3.47. The molecule has 0 bridgehead atoms. The van der Waals surface area contributed by atoms with Crippen LogP contribution >= 0.6 is 11.6 Å². The smallest absolute Gasteiger partial charge is 0.102 e. The van der Waals surface area contributed by atoms with Crippen molar-refractivity contribution in [2.24, 2.45) is 0 Å². The Hall–Kier alpha value is -2.00. The molecular formula is C13H10ClN3. The van der Waals surface area contributed by atoms with Gasteiger partial charge >= 0.3 is 0 Å². The molecule has 0 spiro atoms. The number of H-pyrrole nitrogens is 1. The van der Waals surface area contributed by atoms with Crippen molar-refractivity contribution in [3.05, 3.63) is 47.5 Å². The molecule has 2 aromatic carbocycles. The lowest BCUT2D eigenvalue weighted by Crippen LogP contribution is -1.90. The summed E-state index contributed by atoms with van der Waals surface area (Å²) in [5.74, 6) is 0. The van der Waals surface area contributed by atoms with Crippen LogP contribution in [-0.2, 0) is 0 Å². The van der Waals surface area contributed by atoms with Crippen LogP contribution in [0.3, 0.4) is 0 Å². The van der Waals surface area contributed by atoms with Crippen LogP contribution in [0.5, 0.6) is 0 Å². The maximum absolute atomic E-state index is 5.99. The molecule has 0 unspecified atom stereocenters. The summed E-state index contributed by atoms with van der Waals surface area (Å²) >= 11 is 5.99. The average Bonchev–Trinajstić information content (AvgIpc) is 2.76. The van der Waals surface area contributed by atoms with Crippen LogP contribution in [0, 0.1) is 0 Å². The van der Waals surface area contributed by atoms with E-state index in [-0.39, 0.29) is 0 Å². The number of rotatable bonds is 1. The second-order valence-electron chi connectivity index (χ2n) is 3.85. The number of nitrogens with zero attached hydrogens (tertiary/aromatic N) is 1. The first-order valence-corrected chi connectivity index (χ1v) is 5.62. The van der Waals surface area contributed by atoms with Gasteiger partial charge in [0.05, 0.1) is 5.52 Å². The van der Waals surface area contributed by atoms with E-state index < -0.39 is 0 Å². The average molecular weight is 244 g/mol. The highest BCUT2D eigenvalue weighted by Gasteiger charge is 2.10. The number of hydrogen-bond acceptors (Lipinski definition) is 2. The van der Waals surface area contributed by atoms with Gasteiger partial charge in [-0.15, -0.1) is 0 Å². The third-order valence-corrected chi connectivity index (χ3v) is 2.98. The Morgan fingerprint density at radius 3 is 2.82 bits per heavy atom. The summed E-state index contributed by atoms with van der Waals surface area (Å²) < 4.78 is 0. The Bertz CT molecular complexity index is 688. The standard InChI is InChI=1S/C13H10ClN3/c14-8-5-6-11(15)10(7-8)13-9-3-1-2-4-12(9)16-17-13/h1-7H,15H2,(H,16,17). The van der Waals surface area contributed by atoms with Gasteiger partial charge in [-0.05, 0) is 24.3 Å². The highest BCUT2D eigenvalue weighted by molar-refractivity contribution is 6.31. The van der Waals surface area contributed by atoms with Crippen LogP contribution in [-0.4, -0.2) is 10.2 Å². The topological polar surface area (TPSA) is 54.7 Å². The third-order valence-electron chi connectivity index (χ3n) is 2.74. The lowest BCUT2D eigenvalue weighted by atomic mass is 10.1. The summed E-state index contributed by atoms with van der Waals surface area (Å²) in [4.78, 5) is 0. The highest BCUT2D eigenvalue weighted by atomic mass is 35.5. The first kappa shape index (κ1) is 10.2. The molecule has 84 valence electrons. The normalized spacial score (nSPS) is 10.9. The van der Waals surface area contributed by atoms with Gasteiger partial charge in [0.1, 0.15) is 5.69 Å². The van der Waals surface area contributed by atoms with Gasteiger partial charge in [-0.3, -0.25) is 5.10 Å². The molecule has 0 aliphatic rings. The van der Waals surface area contributed by atoms with E-state index in [4.69, 9.17) is 17.3 Å². The number of aromatic nitrogens is 2. The fraction of sp³-hybridized carbons (Fsp3) is 0. The molecule has 1 heterocycles. The number of anilines is 1. The number of aromatic amines is 1. The SMILES string of the molecule is Nc1ccc(Cl)cc1-c1n[nH]c2ccccc12. The number of nitrogens with two attached hydrogens (primary N) is 1. The summed E-state index contributed by atoms with van der Waals surface area (Å²) in [7, 11) is 0. The fourth-order valence-electron chi connectivity index (χ4n) is 1.90. The minimum Gasteiger partial charge on any atom is -0.398 e. The summed E-state index contributed by atoms with van der Waals surface area (Å²) in [6.45, 7) is 0. The van der Waals surface area contributed by atoms with E-state index in [2.05, 4.69) is 10.2 Å². The van der Waals surface area contributed by atoms with Gasteiger partial charge in [0.2, 0.25) is 0 Å². The maximum atomic E-state index is 5.99. The third kappa shape index (κ3) is 1.65. The molecule has 17 heavy (non-hydrogen) atoms. The van der Waals surface area contributed by atoms with Crippen LogP contribution in [0.2, 0.25) is 5.02 Å². The number of fused-ring (bicyclic) bond motifs is 1. The monoisotopic (exact) mass is 243 g/mol. The van der Waals surface area contributed by atoms with E-state index in [0.29, 0.717) is 10.7 Å².